The predicted molar refractivity (Wildman–Crippen MR) is 191 cm³/mol. The quantitative estimate of drug-likeness (QED) is 0.0487. The second kappa shape index (κ2) is 18.6. The Morgan fingerprint density at radius 3 is 1.65 bits per heavy atom. The molecule has 1 fully saturated rings. The number of halogens is 4. The predicted octanol–water partition coefficient (Wildman–Crippen LogP) is 8.77. The number of carbonyl (C=O) groups is 1. The Hall–Kier alpha value is -5.40. The lowest BCUT2D eigenvalue weighted by Crippen LogP contribution is -2.62. The Kier molecular flexibility index (Phi) is 13.2. The summed E-state index contributed by atoms with van der Waals surface area (Å²) in [6.45, 7) is 0.00474. The molecule has 0 aromatic heterocycles. The molecule has 0 radical (unpaired) electrons. The Morgan fingerprint density at radius 1 is 0.611 bits per heavy atom. The minimum Gasteiger partial charge on any atom is -0.449 e. The molecule has 0 N–H and O–H groups in total. The Labute approximate surface area is 309 Å². The van der Waals surface area contributed by atoms with Crippen molar-refractivity contribution in [2.75, 3.05) is 6.61 Å². The molecule has 0 spiro atoms. The highest BCUT2D eigenvalue weighted by atomic mass is 19.4. The fourth-order valence-corrected chi connectivity index (χ4v) is 5.69. The number of hydrogen-bond donors (Lipinski definition) is 0. The van der Waals surface area contributed by atoms with Gasteiger partial charge >= 0.3 is 12.1 Å². The van der Waals surface area contributed by atoms with Gasteiger partial charge in [0.15, 0.2) is 6.10 Å². The molecule has 1 aliphatic heterocycles. The molecular weight excluding hydrogens is 706 g/mol. The van der Waals surface area contributed by atoms with E-state index in [1.807, 2.05) is 91.0 Å². The molecule has 5 atom stereocenters. The molecule has 5 aromatic carbocycles. The van der Waals surface area contributed by atoms with Crippen LogP contribution in [0, 0.1) is 5.82 Å². The van der Waals surface area contributed by atoms with Crippen LogP contribution in [0.2, 0.25) is 0 Å². The summed E-state index contributed by atoms with van der Waals surface area (Å²) in [7, 11) is 0. The van der Waals surface area contributed by atoms with Gasteiger partial charge in [-0.3, -0.25) is 0 Å². The number of aliphatic imine (C=N–C) groups is 1. The Balaban J connectivity index is 1.40. The molecule has 8 nitrogen and oxygen atoms in total. The third kappa shape index (κ3) is 10.8. The van der Waals surface area contributed by atoms with Crippen LogP contribution in [0.15, 0.2) is 151 Å². The van der Waals surface area contributed by atoms with Crippen molar-refractivity contribution in [3.8, 4) is 0 Å². The van der Waals surface area contributed by atoms with Crippen molar-refractivity contribution in [2.45, 2.75) is 56.7 Å². The Morgan fingerprint density at radius 2 is 1.11 bits per heavy atom. The molecule has 5 aromatic rings. The van der Waals surface area contributed by atoms with Crippen LogP contribution in [0.1, 0.15) is 27.0 Å². The zero-order chi connectivity index (χ0) is 37.8. The smallest absolute Gasteiger partial charge is 0.449 e. The normalized spacial score (nSPS) is 20.3. The lowest BCUT2D eigenvalue weighted by Gasteiger charge is -2.45. The summed E-state index contributed by atoms with van der Waals surface area (Å²) in [5.41, 5.74) is 2.28. The summed E-state index contributed by atoms with van der Waals surface area (Å²) in [6, 6.07) is 39.6. The summed E-state index contributed by atoms with van der Waals surface area (Å²) < 4.78 is 94.4. The van der Waals surface area contributed by atoms with Crippen LogP contribution in [-0.4, -0.2) is 55.4 Å². The average molecular weight is 744 g/mol. The second-order valence-electron chi connectivity index (χ2n) is 12.3. The molecule has 1 aliphatic rings. The van der Waals surface area contributed by atoms with Crippen molar-refractivity contribution in [2.24, 2.45) is 4.99 Å². The first-order valence-corrected chi connectivity index (χ1v) is 17.2. The SMILES string of the molecule is O=C(O[C@H]1[C@H](OC(=Nc2ccc(F)cc2)C(F)(F)F)O[C@H](COCc2ccccc2)[C@H](OCc2ccccc2)[C@@H]1OCc1ccccc1)c1ccccc1. The first-order valence-electron chi connectivity index (χ1n) is 17.2. The largest absolute Gasteiger partial charge is 0.468 e. The molecule has 280 valence electrons. The number of ether oxygens (including phenoxy) is 6. The number of nitrogens with zero attached hydrogens (tertiary/aromatic N) is 1. The molecule has 0 amide bonds. The zero-order valence-electron chi connectivity index (χ0n) is 28.9. The van der Waals surface area contributed by atoms with E-state index in [9.17, 15) is 22.4 Å². The van der Waals surface area contributed by atoms with Gasteiger partial charge in [-0.05, 0) is 53.1 Å². The van der Waals surface area contributed by atoms with Crippen LogP contribution in [-0.2, 0) is 48.2 Å². The highest BCUT2D eigenvalue weighted by molar-refractivity contribution is 5.89. The van der Waals surface area contributed by atoms with Crippen molar-refractivity contribution in [3.05, 3.63) is 174 Å². The van der Waals surface area contributed by atoms with E-state index < -0.39 is 54.6 Å². The van der Waals surface area contributed by atoms with E-state index in [1.165, 1.54) is 12.1 Å². The number of benzene rings is 5. The maximum absolute atomic E-state index is 14.7. The molecule has 1 heterocycles. The van der Waals surface area contributed by atoms with Crippen LogP contribution in [0.4, 0.5) is 23.2 Å². The van der Waals surface area contributed by atoms with Gasteiger partial charge in [0.1, 0.15) is 24.1 Å². The van der Waals surface area contributed by atoms with Crippen LogP contribution >= 0.6 is 0 Å². The van der Waals surface area contributed by atoms with Crippen LogP contribution in [0.25, 0.3) is 0 Å². The van der Waals surface area contributed by atoms with Crippen molar-refractivity contribution in [1.82, 2.24) is 0 Å². The fraction of sp³-hybridized carbons (Fsp3) is 0.238. The van der Waals surface area contributed by atoms with Crippen molar-refractivity contribution in [1.29, 1.82) is 0 Å². The highest BCUT2D eigenvalue weighted by Crippen LogP contribution is 2.34. The molecule has 0 saturated carbocycles. The van der Waals surface area contributed by atoms with E-state index in [2.05, 4.69) is 4.99 Å². The van der Waals surface area contributed by atoms with Gasteiger partial charge in [0.05, 0.1) is 37.7 Å². The maximum atomic E-state index is 14.7. The van der Waals surface area contributed by atoms with Crippen molar-refractivity contribution < 1.29 is 50.8 Å². The molecule has 0 aliphatic carbocycles. The van der Waals surface area contributed by atoms with Gasteiger partial charge in [0, 0.05) is 0 Å². The molecule has 12 heteroatoms. The molecule has 54 heavy (non-hydrogen) atoms. The first-order chi connectivity index (χ1) is 26.2. The first kappa shape index (κ1) is 38.3. The monoisotopic (exact) mass is 743 g/mol. The maximum Gasteiger partial charge on any atom is 0.468 e. The molecule has 0 bridgehead atoms. The molecule has 0 unspecified atom stereocenters. The van der Waals surface area contributed by atoms with E-state index >= 15 is 0 Å². The van der Waals surface area contributed by atoms with Gasteiger partial charge in [-0.2, -0.15) is 13.2 Å². The number of hydrogen-bond acceptors (Lipinski definition) is 8. The Bertz CT molecular complexity index is 1920. The topological polar surface area (TPSA) is 84.8 Å². The van der Waals surface area contributed by atoms with Gasteiger partial charge in [-0.15, -0.1) is 0 Å². The van der Waals surface area contributed by atoms with E-state index in [-0.39, 0.29) is 37.7 Å². The van der Waals surface area contributed by atoms with E-state index in [0.29, 0.717) is 0 Å². The third-order valence-corrected chi connectivity index (χ3v) is 8.34. The minimum absolute atomic E-state index is 0.0315. The summed E-state index contributed by atoms with van der Waals surface area (Å²) in [6.07, 6.45) is -12.1. The summed E-state index contributed by atoms with van der Waals surface area (Å²) >= 11 is 0. The standard InChI is InChI=1S/C42H37F4NO7/c43-33-21-23-34(24-22-33)47-41(42(44,45)46)54-40-38(53-39(48)32-19-11-4-12-20-32)37(51-27-31-17-9-3-10-18-31)36(50-26-30-15-7-2-8-16-30)35(52-40)28-49-25-29-13-5-1-6-14-29/h1-24,35-38,40H,25-28H2/t35-,36+,37+,38-,40+/m1/s1. The van der Waals surface area contributed by atoms with E-state index in [1.54, 1.807) is 18.2 Å². The summed E-state index contributed by atoms with van der Waals surface area (Å²) in [4.78, 5) is 17.3. The van der Waals surface area contributed by atoms with Gasteiger partial charge in [0.25, 0.3) is 5.90 Å². The number of esters is 1. The van der Waals surface area contributed by atoms with E-state index in [0.717, 1.165) is 41.0 Å². The lowest BCUT2D eigenvalue weighted by molar-refractivity contribution is -0.305. The van der Waals surface area contributed by atoms with Gasteiger partial charge in [-0.25, -0.2) is 14.2 Å². The number of alkyl halides is 3. The minimum atomic E-state index is -5.15. The number of carbonyl (C=O) groups excluding carboxylic acids is 1. The van der Waals surface area contributed by atoms with Gasteiger partial charge in [0.2, 0.25) is 6.29 Å². The highest BCUT2D eigenvalue weighted by Gasteiger charge is 2.53. The third-order valence-electron chi connectivity index (χ3n) is 8.34. The molecule has 1 saturated heterocycles. The van der Waals surface area contributed by atoms with E-state index in [4.69, 9.17) is 28.4 Å². The summed E-state index contributed by atoms with van der Waals surface area (Å²) in [5.74, 6) is -3.24. The van der Waals surface area contributed by atoms with Gasteiger partial charge < -0.3 is 28.4 Å². The zero-order valence-corrected chi connectivity index (χ0v) is 28.9. The molecular formula is C42H37F4NO7. The average Bonchev–Trinajstić information content (AvgIpc) is 3.19. The van der Waals surface area contributed by atoms with Crippen molar-refractivity contribution in [3.63, 3.8) is 0 Å². The fourth-order valence-electron chi connectivity index (χ4n) is 5.69. The van der Waals surface area contributed by atoms with Gasteiger partial charge in [-0.1, -0.05) is 109 Å². The van der Waals surface area contributed by atoms with Crippen LogP contribution < -0.4 is 0 Å². The number of rotatable bonds is 14. The van der Waals surface area contributed by atoms with Crippen molar-refractivity contribution >= 4 is 17.6 Å². The van der Waals surface area contributed by atoms with Crippen LogP contribution in [0.5, 0.6) is 0 Å². The second-order valence-corrected chi connectivity index (χ2v) is 12.3. The molecule has 6 rings (SSSR count). The summed E-state index contributed by atoms with van der Waals surface area (Å²) in [5, 5.41) is 0. The van der Waals surface area contributed by atoms with Crippen LogP contribution in [0.3, 0.4) is 0 Å². The lowest BCUT2D eigenvalue weighted by atomic mass is 9.97.